The number of hydrogen-bond acceptors (Lipinski definition) is 3. The van der Waals surface area contributed by atoms with Crippen molar-refractivity contribution >= 4 is 14.6 Å². The second-order valence-electron chi connectivity index (χ2n) is 5.61. The van der Waals surface area contributed by atoms with E-state index in [1.807, 2.05) is 37.3 Å². The molecule has 0 fully saturated rings. The van der Waals surface area contributed by atoms with E-state index in [1.165, 1.54) is 0 Å². The zero-order valence-corrected chi connectivity index (χ0v) is 14.2. The van der Waals surface area contributed by atoms with E-state index >= 15 is 0 Å². The maximum Gasteiger partial charge on any atom is 0.246 e. The van der Waals surface area contributed by atoms with Gasteiger partial charge in [-0.2, -0.15) is 5.26 Å². The molecule has 2 aromatic carbocycles. The number of nitrogens with zero attached hydrogens (tertiary/aromatic N) is 1. The summed E-state index contributed by atoms with van der Waals surface area (Å²) in [5.41, 5.74) is 2.98. The Bertz CT molecular complexity index is 840. The SMILES string of the molecule is Cc1ccc(CC2C=CC(=O)NP2)cc1Oc1ccccc1C#N. The lowest BCUT2D eigenvalue weighted by Gasteiger charge is -2.18. The van der Waals surface area contributed by atoms with E-state index in [2.05, 4.69) is 17.2 Å². The fourth-order valence-corrected chi connectivity index (χ4v) is 3.42. The summed E-state index contributed by atoms with van der Waals surface area (Å²) in [6.45, 7) is 1.98. The molecule has 0 saturated heterocycles. The summed E-state index contributed by atoms with van der Waals surface area (Å²) in [4.78, 5) is 11.2. The van der Waals surface area contributed by atoms with Gasteiger partial charge in [0.15, 0.2) is 0 Å². The lowest BCUT2D eigenvalue weighted by Crippen LogP contribution is -2.21. The molecule has 2 aromatic rings. The van der Waals surface area contributed by atoms with Gasteiger partial charge in [0.2, 0.25) is 5.91 Å². The van der Waals surface area contributed by atoms with Crippen LogP contribution in [0.1, 0.15) is 16.7 Å². The van der Waals surface area contributed by atoms with Crippen LogP contribution in [0.25, 0.3) is 0 Å². The second kappa shape index (κ2) is 7.29. The lowest BCUT2D eigenvalue weighted by molar-refractivity contribution is -0.114. The molecule has 1 aliphatic heterocycles. The molecule has 0 bridgehead atoms. The first kappa shape index (κ1) is 16.2. The molecule has 0 aromatic heterocycles. The number of carbonyl (C=O) groups is 1. The summed E-state index contributed by atoms with van der Waals surface area (Å²) >= 11 is 0. The Morgan fingerprint density at radius 2 is 2.08 bits per heavy atom. The van der Waals surface area contributed by atoms with Crippen molar-refractivity contribution in [1.29, 1.82) is 5.26 Å². The summed E-state index contributed by atoms with van der Waals surface area (Å²) in [5, 5.41) is 12.1. The highest BCUT2D eigenvalue weighted by Gasteiger charge is 2.14. The highest BCUT2D eigenvalue weighted by molar-refractivity contribution is 7.38. The van der Waals surface area contributed by atoms with Crippen LogP contribution in [0.15, 0.2) is 54.6 Å². The number of benzene rings is 2. The maximum atomic E-state index is 11.2. The van der Waals surface area contributed by atoms with Gasteiger partial charge in [-0.25, -0.2) is 0 Å². The number of aryl methyl sites for hydroxylation is 1. The van der Waals surface area contributed by atoms with Crippen LogP contribution >= 0.6 is 8.73 Å². The van der Waals surface area contributed by atoms with Gasteiger partial charge in [-0.3, -0.25) is 4.79 Å². The average Bonchev–Trinajstić information content (AvgIpc) is 2.60. The topological polar surface area (TPSA) is 62.1 Å². The number of nitrogens with one attached hydrogen (secondary N) is 1. The van der Waals surface area contributed by atoms with Crippen LogP contribution in [-0.4, -0.2) is 11.6 Å². The van der Waals surface area contributed by atoms with Crippen molar-refractivity contribution in [2.24, 2.45) is 0 Å². The lowest BCUT2D eigenvalue weighted by atomic mass is 10.1. The molecule has 5 heteroatoms. The summed E-state index contributed by atoms with van der Waals surface area (Å²) in [7, 11) is 0.394. The van der Waals surface area contributed by atoms with Gasteiger partial charge >= 0.3 is 0 Å². The first-order chi connectivity index (χ1) is 11.7. The molecule has 0 saturated carbocycles. The predicted molar refractivity (Wildman–Crippen MR) is 95.5 cm³/mol. The standard InChI is InChI=1S/C19H17N2O2P/c1-13-6-7-14(10-16-8-9-19(22)21-24-16)11-18(13)23-17-5-3-2-4-15(17)12-20/h2-9,11,16,24H,10H2,1H3,(H,21,22). The average molecular weight is 336 g/mol. The Kier molecular flexibility index (Phi) is 4.93. The number of para-hydroxylation sites is 1. The van der Waals surface area contributed by atoms with Gasteiger partial charge in [0, 0.05) is 5.66 Å². The molecule has 3 rings (SSSR count). The van der Waals surface area contributed by atoms with Gasteiger partial charge in [0.1, 0.15) is 17.6 Å². The van der Waals surface area contributed by atoms with Crippen LogP contribution in [-0.2, 0) is 11.2 Å². The van der Waals surface area contributed by atoms with Gasteiger partial charge in [-0.15, -0.1) is 0 Å². The molecule has 1 amide bonds. The highest BCUT2D eigenvalue weighted by Crippen LogP contribution is 2.30. The number of nitriles is 1. The third-order valence-electron chi connectivity index (χ3n) is 3.80. The molecule has 2 atom stereocenters. The molecule has 0 spiro atoms. The second-order valence-corrected chi connectivity index (χ2v) is 6.89. The van der Waals surface area contributed by atoms with Crippen molar-refractivity contribution in [3.8, 4) is 17.6 Å². The van der Waals surface area contributed by atoms with Crippen LogP contribution in [0.2, 0.25) is 0 Å². The van der Waals surface area contributed by atoms with E-state index < -0.39 is 0 Å². The minimum Gasteiger partial charge on any atom is -0.456 e. The smallest absolute Gasteiger partial charge is 0.246 e. The first-order valence-corrected chi connectivity index (χ1v) is 8.73. The van der Waals surface area contributed by atoms with Crippen molar-refractivity contribution in [2.45, 2.75) is 19.0 Å². The highest BCUT2D eigenvalue weighted by atomic mass is 31.1. The zero-order chi connectivity index (χ0) is 16.9. The summed E-state index contributed by atoms with van der Waals surface area (Å²) in [6, 6.07) is 15.5. The molecule has 0 aliphatic carbocycles. The number of ether oxygens (including phenoxy) is 1. The summed E-state index contributed by atoms with van der Waals surface area (Å²) < 4.78 is 5.97. The molecular formula is C19H17N2O2P. The fourth-order valence-electron chi connectivity index (χ4n) is 2.48. The molecule has 0 radical (unpaired) electrons. The van der Waals surface area contributed by atoms with Crippen LogP contribution in [0.4, 0.5) is 0 Å². The predicted octanol–water partition coefficient (Wildman–Crippen LogP) is 3.85. The number of rotatable bonds is 4. The maximum absolute atomic E-state index is 11.2. The molecular weight excluding hydrogens is 319 g/mol. The number of hydrogen-bond donors (Lipinski definition) is 1. The van der Waals surface area contributed by atoms with Gasteiger partial charge in [-0.1, -0.05) is 30.3 Å². The molecule has 1 aliphatic rings. The van der Waals surface area contributed by atoms with Gasteiger partial charge in [0.05, 0.1) is 5.56 Å². The third-order valence-corrected chi connectivity index (χ3v) is 4.95. The van der Waals surface area contributed by atoms with Crippen molar-refractivity contribution in [3.05, 3.63) is 71.3 Å². The normalized spacial score (nSPS) is 17.3. The molecule has 24 heavy (non-hydrogen) atoms. The largest absolute Gasteiger partial charge is 0.456 e. The van der Waals surface area contributed by atoms with Crippen molar-refractivity contribution < 1.29 is 9.53 Å². The number of allylic oxidation sites excluding steroid dienone is 1. The fraction of sp³-hybridized carbons (Fsp3) is 0.158. The first-order valence-electron chi connectivity index (χ1n) is 7.66. The summed E-state index contributed by atoms with van der Waals surface area (Å²) in [5.74, 6) is 1.29. The Morgan fingerprint density at radius 1 is 1.25 bits per heavy atom. The van der Waals surface area contributed by atoms with E-state index in [-0.39, 0.29) is 5.91 Å². The quantitative estimate of drug-likeness (QED) is 0.863. The van der Waals surface area contributed by atoms with E-state index in [0.717, 1.165) is 23.3 Å². The Morgan fingerprint density at radius 3 is 2.83 bits per heavy atom. The minimum absolute atomic E-state index is 0.0226. The third kappa shape index (κ3) is 3.82. The molecule has 120 valence electrons. The molecule has 1 N–H and O–H groups in total. The van der Waals surface area contributed by atoms with Crippen molar-refractivity contribution in [1.82, 2.24) is 5.09 Å². The van der Waals surface area contributed by atoms with Gasteiger partial charge in [0.25, 0.3) is 0 Å². The number of amides is 1. The Balaban J connectivity index is 1.80. The monoisotopic (exact) mass is 336 g/mol. The summed E-state index contributed by atoms with van der Waals surface area (Å²) in [6.07, 6.45) is 4.39. The van der Waals surface area contributed by atoms with E-state index in [1.54, 1.807) is 18.2 Å². The van der Waals surface area contributed by atoms with Crippen LogP contribution < -0.4 is 9.82 Å². The van der Waals surface area contributed by atoms with Crippen molar-refractivity contribution in [2.75, 3.05) is 0 Å². The minimum atomic E-state index is -0.0226. The molecule has 1 heterocycles. The Hall–Kier alpha value is -2.63. The molecule has 2 unspecified atom stereocenters. The van der Waals surface area contributed by atoms with Crippen molar-refractivity contribution in [3.63, 3.8) is 0 Å². The molecule has 4 nitrogen and oxygen atoms in total. The van der Waals surface area contributed by atoms with Crippen LogP contribution in [0, 0.1) is 18.3 Å². The van der Waals surface area contributed by atoms with Gasteiger partial charge in [-0.05, 0) is 57.5 Å². The van der Waals surface area contributed by atoms with Crippen LogP contribution in [0.5, 0.6) is 11.5 Å². The van der Waals surface area contributed by atoms with Crippen LogP contribution in [0.3, 0.4) is 0 Å². The zero-order valence-electron chi connectivity index (χ0n) is 13.2. The van der Waals surface area contributed by atoms with E-state index in [9.17, 15) is 10.1 Å². The van der Waals surface area contributed by atoms with E-state index in [0.29, 0.717) is 25.7 Å². The van der Waals surface area contributed by atoms with E-state index in [4.69, 9.17) is 4.74 Å². The van der Waals surface area contributed by atoms with Gasteiger partial charge < -0.3 is 9.82 Å². The Labute approximate surface area is 143 Å². The number of carbonyl (C=O) groups excluding carboxylic acids is 1.